The number of likely N-dealkylation sites (tertiary alicyclic amines) is 1. The molecule has 14 heavy (non-hydrogen) atoms. The number of rotatable bonds is 4. The van der Waals surface area contributed by atoms with Crippen molar-refractivity contribution in [1.29, 1.82) is 0 Å². The Morgan fingerprint density at radius 1 is 1.57 bits per heavy atom. The van der Waals surface area contributed by atoms with Gasteiger partial charge in [-0.2, -0.15) is 0 Å². The van der Waals surface area contributed by atoms with E-state index < -0.39 is 0 Å². The van der Waals surface area contributed by atoms with E-state index in [9.17, 15) is 0 Å². The highest BCUT2D eigenvalue weighted by molar-refractivity contribution is 4.91. The fourth-order valence-electron chi connectivity index (χ4n) is 2.22. The van der Waals surface area contributed by atoms with Gasteiger partial charge >= 0.3 is 0 Å². The molecule has 2 atom stereocenters. The van der Waals surface area contributed by atoms with Crippen LogP contribution in [0.4, 0.5) is 0 Å². The fraction of sp³-hybridized carbons (Fsp3) is 0.833. The van der Waals surface area contributed by atoms with Crippen molar-refractivity contribution in [2.45, 2.75) is 51.6 Å². The third kappa shape index (κ3) is 3.43. The number of nitrogens with two attached hydrogens (primary N) is 1. The summed E-state index contributed by atoms with van der Waals surface area (Å²) in [4.78, 5) is 2.54. The molecule has 0 saturated carbocycles. The summed E-state index contributed by atoms with van der Waals surface area (Å²) < 4.78 is 0. The maximum Gasteiger partial charge on any atom is 0.0244 e. The summed E-state index contributed by atoms with van der Waals surface area (Å²) in [6, 6.07) is 0.906. The Morgan fingerprint density at radius 3 is 2.86 bits per heavy atom. The summed E-state index contributed by atoms with van der Waals surface area (Å²) in [7, 11) is 0. The molecule has 1 aliphatic heterocycles. The van der Waals surface area contributed by atoms with Gasteiger partial charge in [-0.25, -0.2) is 0 Å². The SMILES string of the molecule is C=C(C)CCN1CCCCC1C(C)N. The van der Waals surface area contributed by atoms with Gasteiger partial charge in [0, 0.05) is 18.6 Å². The maximum absolute atomic E-state index is 6.00. The molecule has 1 rings (SSSR count). The van der Waals surface area contributed by atoms with Crippen LogP contribution < -0.4 is 5.73 Å². The van der Waals surface area contributed by atoms with Gasteiger partial charge in [-0.1, -0.05) is 12.0 Å². The van der Waals surface area contributed by atoms with E-state index in [4.69, 9.17) is 5.73 Å². The van der Waals surface area contributed by atoms with Crippen molar-refractivity contribution < 1.29 is 0 Å². The van der Waals surface area contributed by atoms with Crippen molar-refractivity contribution in [3.05, 3.63) is 12.2 Å². The summed E-state index contributed by atoms with van der Waals surface area (Å²) in [6.45, 7) is 10.5. The quantitative estimate of drug-likeness (QED) is 0.698. The number of hydrogen-bond acceptors (Lipinski definition) is 2. The molecule has 0 aromatic carbocycles. The van der Waals surface area contributed by atoms with Crippen LogP contribution in [0.25, 0.3) is 0 Å². The van der Waals surface area contributed by atoms with E-state index >= 15 is 0 Å². The van der Waals surface area contributed by atoms with Gasteiger partial charge in [0.05, 0.1) is 0 Å². The van der Waals surface area contributed by atoms with E-state index in [1.807, 2.05) is 0 Å². The summed E-state index contributed by atoms with van der Waals surface area (Å²) in [5, 5.41) is 0. The van der Waals surface area contributed by atoms with Crippen LogP contribution in [0.2, 0.25) is 0 Å². The minimum Gasteiger partial charge on any atom is -0.327 e. The molecule has 0 aliphatic carbocycles. The highest BCUT2D eigenvalue weighted by Gasteiger charge is 2.24. The van der Waals surface area contributed by atoms with Crippen molar-refractivity contribution in [1.82, 2.24) is 4.90 Å². The predicted molar refractivity (Wildman–Crippen MR) is 62.3 cm³/mol. The van der Waals surface area contributed by atoms with Crippen LogP contribution in [0.1, 0.15) is 39.5 Å². The van der Waals surface area contributed by atoms with Crippen molar-refractivity contribution >= 4 is 0 Å². The molecule has 0 amide bonds. The van der Waals surface area contributed by atoms with E-state index in [2.05, 4.69) is 25.3 Å². The molecule has 1 heterocycles. The van der Waals surface area contributed by atoms with Crippen molar-refractivity contribution in [2.24, 2.45) is 5.73 Å². The lowest BCUT2D eigenvalue weighted by Crippen LogP contribution is -2.49. The van der Waals surface area contributed by atoms with Gasteiger partial charge in [0.25, 0.3) is 0 Å². The highest BCUT2D eigenvalue weighted by atomic mass is 15.2. The molecule has 2 heteroatoms. The largest absolute Gasteiger partial charge is 0.327 e. The number of nitrogens with zero attached hydrogens (tertiary/aromatic N) is 1. The molecule has 0 bridgehead atoms. The molecule has 0 aromatic heterocycles. The summed E-state index contributed by atoms with van der Waals surface area (Å²) in [5.41, 5.74) is 7.28. The zero-order valence-corrected chi connectivity index (χ0v) is 9.63. The average molecular weight is 196 g/mol. The van der Waals surface area contributed by atoms with E-state index in [0.29, 0.717) is 12.1 Å². The molecular formula is C12H24N2. The molecule has 1 fully saturated rings. The molecule has 1 aliphatic rings. The Morgan fingerprint density at radius 2 is 2.29 bits per heavy atom. The van der Waals surface area contributed by atoms with Gasteiger partial charge < -0.3 is 5.73 Å². The first-order valence-corrected chi connectivity index (χ1v) is 5.75. The Labute approximate surface area is 88.2 Å². The lowest BCUT2D eigenvalue weighted by Gasteiger charge is -2.38. The molecule has 82 valence electrons. The van der Waals surface area contributed by atoms with Crippen LogP contribution in [0.3, 0.4) is 0 Å². The van der Waals surface area contributed by atoms with Crippen LogP contribution in [-0.4, -0.2) is 30.1 Å². The lowest BCUT2D eigenvalue weighted by atomic mass is 9.96. The molecule has 1 saturated heterocycles. The summed E-state index contributed by atoms with van der Waals surface area (Å²) >= 11 is 0. The Kier molecular flexibility index (Phi) is 4.63. The number of piperidine rings is 1. The molecule has 2 unspecified atom stereocenters. The minimum absolute atomic E-state index is 0.306. The second kappa shape index (κ2) is 5.52. The van der Waals surface area contributed by atoms with Gasteiger partial charge in [0.15, 0.2) is 0 Å². The van der Waals surface area contributed by atoms with Crippen molar-refractivity contribution in [3.8, 4) is 0 Å². The summed E-state index contributed by atoms with van der Waals surface area (Å²) in [5.74, 6) is 0. The monoisotopic (exact) mass is 196 g/mol. The van der Waals surface area contributed by atoms with Gasteiger partial charge in [0.2, 0.25) is 0 Å². The predicted octanol–water partition coefficient (Wildman–Crippen LogP) is 2.15. The van der Waals surface area contributed by atoms with Gasteiger partial charge in [-0.3, -0.25) is 4.90 Å². The Bertz CT molecular complexity index is 187. The third-order valence-electron chi connectivity index (χ3n) is 3.10. The van der Waals surface area contributed by atoms with Gasteiger partial charge in [-0.05, 0) is 39.7 Å². The second-order valence-corrected chi connectivity index (χ2v) is 4.67. The highest BCUT2D eigenvalue weighted by Crippen LogP contribution is 2.19. The first-order valence-electron chi connectivity index (χ1n) is 5.75. The molecule has 2 N–H and O–H groups in total. The zero-order chi connectivity index (χ0) is 10.6. The van der Waals surface area contributed by atoms with Gasteiger partial charge in [-0.15, -0.1) is 6.58 Å². The van der Waals surface area contributed by atoms with E-state index in [-0.39, 0.29) is 0 Å². The average Bonchev–Trinajstić information content (AvgIpc) is 2.15. The molecule has 0 aromatic rings. The molecular weight excluding hydrogens is 172 g/mol. The third-order valence-corrected chi connectivity index (χ3v) is 3.10. The first-order chi connectivity index (χ1) is 6.61. The van der Waals surface area contributed by atoms with Crippen LogP contribution in [0.5, 0.6) is 0 Å². The normalized spacial score (nSPS) is 26.1. The minimum atomic E-state index is 0.306. The van der Waals surface area contributed by atoms with Crippen LogP contribution >= 0.6 is 0 Å². The maximum atomic E-state index is 6.00. The lowest BCUT2D eigenvalue weighted by molar-refractivity contribution is 0.132. The fourth-order valence-corrected chi connectivity index (χ4v) is 2.22. The molecule has 0 radical (unpaired) electrons. The van der Waals surface area contributed by atoms with Gasteiger partial charge in [0.1, 0.15) is 0 Å². The summed E-state index contributed by atoms with van der Waals surface area (Å²) in [6.07, 6.45) is 5.06. The zero-order valence-electron chi connectivity index (χ0n) is 9.63. The van der Waals surface area contributed by atoms with E-state index in [1.165, 1.54) is 31.4 Å². The van der Waals surface area contributed by atoms with Crippen LogP contribution in [0, 0.1) is 0 Å². The second-order valence-electron chi connectivity index (χ2n) is 4.67. The van der Waals surface area contributed by atoms with Crippen molar-refractivity contribution in [3.63, 3.8) is 0 Å². The Balaban J connectivity index is 2.41. The topological polar surface area (TPSA) is 29.3 Å². The van der Waals surface area contributed by atoms with E-state index in [0.717, 1.165) is 13.0 Å². The first kappa shape index (κ1) is 11.7. The van der Waals surface area contributed by atoms with Crippen LogP contribution in [-0.2, 0) is 0 Å². The molecule has 2 nitrogen and oxygen atoms in total. The standard InChI is InChI=1S/C12H24N2/c1-10(2)7-9-14-8-5-4-6-12(14)11(3)13/h11-12H,1,4-9,13H2,2-3H3. The number of hydrogen-bond donors (Lipinski definition) is 1. The smallest absolute Gasteiger partial charge is 0.0244 e. The van der Waals surface area contributed by atoms with E-state index in [1.54, 1.807) is 0 Å². The Hall–Kier alpha value is -0.340. The van der Waals surface area contributed by atoms with Crippen molar-refractivity contribution in [2.75, 3.05) is 13.1 Å². The molecule has 0 spiro atoms. The van der Waals surface area contributed by atoms with Crippen LogP contribution in [0.15, 0.2) is 12.2 Å².